The van der Waals surface area contributed by atoms with Crippen LogP contribution in [0.3, 0.4) is 0 Å². The van der Waals surface area contributed by atoms with Gasteiger partial charge in [-0.2, -0.15) is 0 Å². The second-order valence-corrected chi connectivity index (χ2v) is 6.86. The molecule has 1 aliphatic rings. The van der Waals surface area contributed by atoms with Crippen molar-refractivity contribution in [2.24, 2.45) is 5.92 Å². The monoisotopic (exact) mass is 407 g/mol. The summed E-state index contributed by atoms with van der Waals surface area (Å²) in [5, 5.41) is 0.575. The van der Waals surface area contributed by atoms with Crippen LogP contribution in [0.15, 0.2) is 53.0 Å². The number of carbonyl (C=O) groups is 2. The molecule has 0 spiro atoms. The van der Waals surface area contributed by atoms with Gasteiger partial charge < -0.3 is 4.90 Å². The highest BCUT2D eigenvalue weighted by Crippen LogP contribution is 2.27. The van der Waals surface area contributed by atoms with Crippen LogP contribution in [0.25, 0.3) is 0 Å². The highest BCUT2D eigenvalue weighted by molar-refractivity contribution is 9.10. The number of benzene rings is 2. The van der Waals surface area contributed by atoms with Gasteiger partial charge in [0.05, 0.1) is 11.6 Å². The maximum absolute atomic E-state index is 12.3. The van der Waals surface area contributed by atoms with Gasteiger partial charge in [0.25, 0.3) is 0 Å². The van der Waals surface area contributed by atoms with Gasteiger partial charge in [-0.1, -0.05) is 39.7 Å². The van der Waals surface area contributed by atoms with Crippen LogP contribution >= 0.6 is 27.5 Å². The molecule has 124 valence electrons. The number of rotatable bonds is 4. The third kappa shape index (κ3) is 3.88. The van der Waals surface area contributed by atoms with E-state index in [1.54, 1.807) is 29.2 Å². The third-order valence-electron chi connectivity index (χ3n) is 3.77. The zero-order valence-corrected chi connectivity index (χ0v) is 15.0. The number of halogens is 2. The molecule has 0 bridgehead atoms. The first-order chi connectivity index (χ1) is 11.5. The van der Waals surface area contributed by atoms with E-state index in [9.17, 15) is 9.59 Å². The fourth-order valence-electron chi connectivity index (χ4n) is 2.58. The maximum Gasteiger partial charge on any atom is 0.243 e. The van der Waals surface area contributed by atoms with Crippen molar-refractivity contribution in [3.63, 3.8) is 0 Å². The molecular formula is C17H15BrClN3O2. The van der Waals surface area contributed by atoms with Crippen LogP contribution < -0.4 is 15.8 Å². The highest BCUT2D eigenvalue weighted by atomic mass is 79.9. The Hall–Kier alpha value is -2.05. The van der Waals surface area contributed by atoms with E-state index in [4.69, 9.17) is 11.6 Å². The summed E-state index contributed by atoms with van der Waals surface area (Å²) < 4.78 is 0.892. The van der Waals surface area contributed by atoms with E-state index < -0.39 is 5.92 Å². The van der Waals surface area contributed by atoms with E-state index in [2.05, 4.69) is 26.8 Å². The lowest BCUT2D eigenvalue weighted by atomic mass is 10.1. The predicted octanol–water partition coefficient (Wildman–Crippen LogP) is 3.60. The molecular weight excluding hydrogens is 394 g/mol. The molecule has 2 aromatic rings. The molecule has 2 amide bonds. The van der Waals surface area contributed by atoms with Gasteiger partial charge in [0, 0.05) is 28.1 Å². The molecule has 24 heavy (non-hydrogen) atoms. The van der Waals surface area contributed by atoms with Crippen LogP contribution in [0, 0.1) is 5.92 Å². The van der Waals surface area contributed by atoms with Crippen LogP contribution in [0.1, 0.15) is 6.42 Å². The van der Waals surface area contributed by atoms with Crippen molar-refractivity contribution in [2.45, 2.75) is 6.42 Å². The number of hydrogen-bond donors (Lipinski definition) is 2. The minimum atomic E-state index is -0.400. The number of carbonyl (C=O) groups excluding carboxylic acids is 2. The third-order valence-corrected chi connectivity index (χ3v) is 4.50. The van der Waals surface area contributed by atoms with Gasteiger partial charge in [-0.3, -0.25) is 20.4 Å². The summed E-state index contributed by atoms with van der Waals surface area (Å²) in [6, 6.07) is 14.5. The molecule has 5 nitrogen and oxygen atoms in total. The van der Waals surface area contributed by atoms with Gasteiger partial charge in [-0.05, 0) is 36.4 Å². The molecule has 3 rings (SSSR count). The number of anilines is 2. The second-order valence-electron chi connectivity index (χ2n) is 5.51. The standard InChI is InChI=1S/C17H15BrClN3O2/c18-12-3-1-6-15(8-12)22-10-11(7-16(22)23)17(24)21-20-14-5-2-4-13(19)9-14/h1-6,8-9,11,20H,7,10H2,(H,21,24). The number of nitrogens with zero attached hydrogens (tertiary/aromatic N) is 1. The molecule has 2 N–H and O–H groups in total. The van der Waals surface area contributed by atoms with E-state index in [0.717, 1.165) is 10.2 Å². The summed E-state index contributed by atoms with van der Waals surface area (Å²) in [4.78, 5) is 26.1. The first-order valence-corrected chi connectivity index (χ1v) is 8.57. The minimum Gasteiger partial charge on any atom is -0.312 e. The van der Waals surface area contributed by atoms with Crippen LogP contribution in [0.5, 0.6) is 0 Å². The van der Waals surface area contributed by atoms with Crippen LogP contribution in [-0.2, 0) is 9.59 Å². The first kappa shape index (κ1) is 16.8. The van der Waals surface area contributed by atoms with Gasteiger partial charge in [0.1, 0.15) is 0 Å². The zero-order chi connectivity index (χ0) is 17.1. The Morgan fingerprint density at radius 3 is 2.75 bits per heavy atom. The minimum absolute atomic E-state index is 0.0593. The van der Waals surface area contributed by atoms with E-state index in [1.807, 2.05) is 24.3 Å². The number of hydrogen-bond acceptors (Lipinski definition) is 3. The van der Waals surface area contributed by atoms with Crippen molar-refractivity contribution in [3.8, 4) is 0 Å². The fraction of sp³-hybridized carbons (Fsp3) is 0.176. The van der Waals surface area contributed by atoms with E-state index in [0.29, 0.717) is 17.3 Å². The van der Waals surface area contributed by atoms with E-state index in [-0.39, 0.29) is 18.2 Å². The molecule has 1 saturated heterocycles. The molecule has 1 unspecified atom stereocenters. The lowest BCUT2D eigenvalue weighted by Crippen LogP contribution is -2.36. The Morgan fingerprint density at radius 2 is 2.00 bits per heavy atom. The molecule has 0 aliphatic carbocycles. The topological polar surface area (TPSA) is 61.4 Å². The lowest BCUT2D eigenvalue weighted by molar-refractivity contribution is -0.125. The summed E-state index contributed by atoms with van der Waals surface area (Å²) in [6.45, 7) is 0.359. The molecule has 1 heterocycles. The van der Waals surface area contributed by atoms with Crippen molar-refractivity contribution in [2.75, 3.05) is 16.9 Å². The quantitative estimate of drug-likeness (QED) is 0.760. The van der Waals surface area contributed by atoms with Gasteiger partial charge in [0.2, 0.25) is 11.8 Å². The average Bonchev–Trinajstić information content (AvgIpc) is 2.95. The van der Waals surface area contributed by atoms with Crippen molar-refractivity contribution < 1.29 is 9.59 Å². The number of amides is 2. The van der Waals surface area contributed by atoms with Crippen LogP contribution in [0.2, 0.25) is 5.02 Å². The molecule has 0 aromatic heterocycles. The van der Waals surface area contributed by atoms with Crippen molar-refractivity contribution in [1.82, 2.24) is 5.43 Å². The Balaban J connectivity index is 1.61. The summed E-state index contributed by atoms with van der Waals surface area (Å²) in [7, 11) is 0. The van der Waals surface area contributed by atoms with Crippen LogP contribution in [0.4, 0.5) is 11.4 Å². The Morgan fingerprint density at radius 1 is 1.21 bits per heavy atom. The first-order valence-electron chi connectivity index (χ1n) is 7.40. The van der Waals surface area contributed by atoms with Gasteiger partial charge in [0.15, 0.2) is 0 Å². The smallest absolute Gasteiger partial charge is 0.243 e. The Kier molecular flexibility index (Phi) is 5.06. The number of hydrazine groups is 1. The highest BCUT2D eigenvalue weighted by Gasteiger charge is 2.35. The lowest BCUT2D eigenvalue weighted by Gasteiger charge is -2.17. The molecule has 7 heteroatoms. The van der Waals surface area contributed by atoms with Gasteiger partial charge in [-0.15, -0.1) is 0 Å². The second kappa shape index (κ2) is 7.23. The molecule has 1 atom stereocenters. The van der Waals surface area contributed by atoms with E-state index in [1.165, 1.54) is 0 Å². The van der Waals surface area contributed by atoms with Crippen molar-refractivity contribution in [3.05, 3.63) is 58.0 Å². The Labute approximate surface area is 153 Å². The zero-order valence-electron chi connectivity index (χ0n) is 12.6. The summed E-state index contributed by atoms with van der Waals surface area (Å²) in [6.07, 6.45) is 0.190. The predicted molar refractivity (Wildman–Crippen MR) is 97.8 cm³/mol. The fourth-order valence-corrected chi connectivity index (χ4v) is 3.16. The molecule has 2 aromatic carbocycles. The molecule has 0 radical (unpaired) electrons. The molecule has 0 saturated carbocycles. The summed E-state index contributed by atoms with van der Waals surface area (Å²) >= 11 is 9.29. The van der Waals surface area contributed by atoms with Crippen LogP contribution in [-0.4, -0.2) is 18.4 Å². The number of nitrogens with one attached hydrogen (secondary N) is 2. The summed E-state index contributed by atoms with van der Waals surface area (Å²) in [5.41, 5.74) is 6.92. The van der Waals surface area contributed by atoms with Crippen molar-refractivity contribution >= 4 is 50.7 Å². The van der Waals surface area contributed by atoms with Gasteiger partial charge in [-0.25, -0.2) is 0 Å². The normalized spacial score (nSPS) is 17.0. The van der Waals surface area contributed by atoms with E-state index >= 15 is 0 Å². The SMILES string of the molecule is O=C(NNc1cccc(Cl)c1)C1CC(=O)N(c2cccc(Br)c2)C1. The maximum atomic E-state index is 12.3. The Bertz CT molecular complexity index is 784. The summed E-state index contributed by atoms with van der Waals surface area (Å²) in [5.74, 6) is -0.681. The molecule has 1 aliphatic heterocycles. The molecule has 1 fully saturated rings. The van der Waals surface area contributed by atoms with Gasteiger partial charge >= 0.3 is 0 Å². The van der Waals surface area contributed by atoms with Crippen molar-refractivity contribution in [1.29, 1.82) is 0 Å². The average molecular weight is 409 g/mol. The largest absolute Gasteiger partial charge is 0.312 e.